The minimum atomic E-state index is -0.258. The molecular formula is C13H19N3O. The molecule has 92 valence electrons. The molecule has 0 saturated carbocycles. The number of anilines is 2. The fourth-order valence-electron chi connectivity index (χ4n) is 2.37. The quantitative estimate of drug-likeness (QED) is 0.769. The van der Waals surface area contributed by atoms with E-state index in [1.54, 1.807) is 0 Å². The molecule has 0 spiro atoms. The van der Waals surface area contributed by atoms with Crippen LogP contribution in [0, 0.1) is 5.92 Å². The number of nitrogens with two attached hydrogens (primary N) is 2. The van der Waals surface area contributed by atoms with Gasteiger partial charge in [-0.1, -0.05) is 19.1 Å². The summed E-state index contributed by atoms with van der Waals surface area (Å²) in [5.41, 5.74) is 14.5. The summed E-state index contributed by atoms with van der Waals surface area (Å²) >= 11 is 0. The monoisotopic (exact) mass is 233 g/mol. The average molecular weight is 233 g/mol. The molecular weight excluding hydrogens is 214 g/mol. The van der Waals surface area contributed by atoms with Crippen molar-refractivity contribution in [1.29, 1.82) is 0 Å². The number of hydrogen-bond donors (Lipinski definition) is 2. The van der Waals surface area contributed by atoms with E-state index in [1.165, 1.54) is 5.56 Å². The van der Waals surface area contributed by atoms with Crippen LogP contribution in [0.3, 0.4) is 0 Å². The van der Waals surface area contributed by atoms with Gasteiger partial charge in [0, 0.05) is 13.1 Å². The molecule has 0 bridgehead atoms. The van der Waals surface area contributed by atoms with Crippen LogP contribution < -0.4 is 16.4 Å². The predicted molar refractivity (Wildman–Crippen MR) is 69.7 cm³/mol. The lowest BCUT2D eigenvalue weighted by molar-refractivity contribution is -0.121. The second-order valence-corrected chi connectivity index (χ2v) is 4.71. The van der Waals surface area contributed by atoms with Crippen molar-refractivity contribution in [2.45, 2.75) is 19.8 Å². The number of hydrogen-bond acceptors (Lipinski definition) is 3. The third-order valence-corrected chi connectivity index (χ3v) is 3.32. The Kier molecular flexibility index (Phi) is 3.22. The van der Waals surface area contributed by atoms with Gasteiger partial charge < -0.3 is 16.4 Å². The van der Waals surface area contributed by atoms with Crippen LogP contribution in [0.1, 0.15) is 18.9 Å². The Morgan fingerprint density at radius 1 is 1.53 bits per heavy atom. The SMILES string of the molecule is CC(CN1CCCc2cccc(N)c21)C(N)=O. The zero-order chi connectivity index (χ0) is 12.4. The first-order valence-corrected chi connectivity index (χ1v) is 6.01. The second kappa shape index (κ2) is 4.65. The van der Waals surface area contributed by atoms with Crippen LogP contribution in [-0.2, 0) is 11.2 Å². The molecule has 4 heteroatoms. The molecule has 4 nitrogen and oxygen atoms in total. The minimum absolute atomic E-state index is 0.152. The average Bonchev–Trinajstić information content (AvgIpc) is 2.29. The van der Waals surface area contributed by atoms with Gasteiger partial charge in [0.15, 0.2) is 0 Å². The first-order valence-electron chi connectivity index (χ1n) is 6.01. The fourth-order valence-corrected chi connectivity index (χ4v) is 2.37. The molecule has 1 aromatic rings. The van der Waals surface area contributed by atoms with Gasteiger partial charge in [0.2, 0.25) is 5.91 Å². The lowest BCUT2D eigenvalue weighted by atomic mass is 9.99. The molecule has 0 saturated heterocycles. The Morgan fingerprint density at radius 3 is 3.00 bits per heavy atom. The van der Waals surface area contributed by atoms with Crippen molar-refractivity contribution in [1.82, 2.24) is 0 Å². The number of rotatable bonds is 3. The van der Waals surface area contributed by atoms with E-state index in [4.69, 9.17) is 11.5 Å². The number of fused-ring (bicyclic) bond motifs is 1. The zero-order valence-electron chi connectivity index (χ0n) is 10.1. The smallest absolute Gasteiger partial charge is 0.222 e. The third-order valence-electron chi connectivity index (χ3n) is 3.32. The summed E-state index contributed by atoms with van der Waals surface area (Å²) in [6, 6.07) is 5.99. The van der Waals surface area contributed by atoms with E-state index < -0.39 is 0 Å². The van der Waals surface area contributed by atoms with Crippen LogP contribution in [0.5, 0.6) is 0 Å². The van der Waals surface area contributed by atoms with Gasteiger partial charge in [-0.15, -0.1) is 0 Å². The van der Waals surface area contributed by atoms with Crippen molar-refractivity contribution in [3.05, 3.63) is 23.8 Å². The van der Waals surface area contributed by atoms with Crippen LogP contribution in [0.2, 0.25) is 0 Å². The largest absolute Gasteiger partial charge is 0.397 e. The topological polar surface area (TPSA) is 72.3 Å². The van der Waals surface area contributed by atoms with Gasteiger partial charge in [0.25, 0.3) is 0 Å². The molecule has 1 unspecified atom stereocenters. The van der Waals surface area contributed by atoms with Gasteiger partial charge in [-0.05, 0) is 24.5 Å². The number of carbonyl (C=O) groups excluding carboxylic acids is 1. The molecule has 4 N–H and O–H groups in total. The van der Waals surface area contributed by atoms with Crippen molar-refractivity contribution < 1.29 is 4.79 Å². The van der Waals surface area contributed by atoms with Crippen LogP contribution in [0.15, 0.2) is 18.2 Å². The molecule has 1 aromatic carbocycles. The van der Waals surface area contributed by atoms with Gasteiger partial charge in [0.05, 0.1) is 17.3 Å². The second-order valence-electron chi connectivity index (χ2n) is 4.71. The number of amides is 1. The Morgan fingerprint density at radius 2 is 2.29 bits per heavy atom. The summed E-state index contributed by atoms with van der Waals surface area (Å²) in [5.74, 6) is -0.410. The first-order chi connectivity index (χ1) is 8.09. The maximum Gasteiger partial charge on any atom is 0.222 e. The minimum Gasteiger partial charge on any atom is -0.397 e. The summed E-state index contributed by atoms with van der Waals surface area (Å²) < 4.78 is 0. The lowest BCUT2D eigenvalue weighted by Gasteiger charge is -2.33. The van der Waals surface area contributed by atoms with E-state index in [-0.39, 0.29) is 11.8 Å². The maximum absolute atomic E-state index is 11.1. The molecule has 1 atom stereocenters. The van der Waals surface area contributed by atoms with Crippen LogP contribution >= 0.6 is 0 Å². The number of nitrogens with zero attached hydrogens (tertiary/aromatic N) is 1. The molecule has 0 radical (unpaired) electrons. The first kappa shape index (κ1) is 11.8. The van der Waals surface area contributed by atoms with Gasteiger partial charge in [-0.3, -0.25) is 4.79 Å². The molecule has 1 aliphatic heterocycles. The van der Waals surface area contributed by atoms with Crippen LogP contribution in [0.25, 0.3) is 0 Å². The number of benzene rings is 1. The zero-order valence-corrected chi connectivity index (χ0v) is 10.1. The summed E-state index contributed by atoms with van der Waals surface area (Å²) in [5, 5.41) is 0. The Hall–Kier alpha value is -1.71. The molecule has 0 aliphatic carbocycles. The van der Waals surface area contributed by atoms with E-state index in [1.807, 2.05) is 19.1 Å². The summed E-state index contributed by atoms with van der Waals surface area (Å²) in [4.78, 5) is 13.3. The molecule has 1 heterocycles. The van der Waals surface area contributed by atoms with Crippen molar-refractivity contribution >= 4 is 17.3 Å². The predicted octanol–water partition coefficient (Wildman–Crippen LogP) is 1.14. The highest BCUT2D eigenvalue weighted by Gasteiger charge is 2.22. The number of para-hydroxylation sites is 1. The normalized spacial score (nSPS) is 16.4. The Bertz CT molecular complexity index is 431. The van der Waals surface area contributed by atoms with Gasteiger partial charge in [0.1, 0.15) is 0 Å². The summed E-state index contributed by atoms with van der Waals surface area (Å²) in [6.07, 6.45) is 2.16. The fraction of sp³-hybridized carbons (Fsp3) is 0.462. The molecule has 0 fully saturated rings. The van der Waals surface area contributed by atoms with Crippen molar-refractivity contribution in [3.63, 3.8) is 0 Å². The van der Waals surface area contributed by atoms with Crippen molar-refractivity contribution in [3.8, 4) is 0 Å². The maximum atomic E-state index is 11.1. The van der Waals surface area contributed by atoms with Crippen LogP contribution in [-0.4, -0.2) is 19.0 Å². The molecule has 2 rings (SSSR count). The van der Waals surface area contributed by atoms with E-state index in [2.05, 4.69) is 11.0 Å². The summed E-state index contributed by atoms with van der Waals surface area (Å²) in [6.45, 7) is 3.45. The molecule has 0 aromatic heterocycles. The van der Waals surface area contributed by atoms with Gasteiger partial charge in [-0.25, -0.2) is 0 Å². The number of aryl methyl sites for hydroxylation is 1. The Labute approximate surface area is 102 Å². The molecule has 1 aliphatic rings. The highest BCUT2D eigenvalue weighted by molar-refractivity contribution is 5.78. The van der Waals surface area contributed by atoms with E-state index in [9.17, 15) is 4.79 Å². The van der Waals surface area contributed by atoms with Crippen LogP contribution in [0.4, 0.5) is 11.4 Å². The van der Waals surface area contributed by atoms with E-state index in [0.717, 1.165) is 30.8 Å². The standard InChI is InChI=1S/C13H19N3O/c1-9(13(15)17)8-16-7-3-5-10-4-2-6-11(14)12(10)16/h2,4,6,9H,3,5,7-8,14H2,1H3,(H2,15,17). The number of primary amides is 1. The molecule has 17 heavy (non-hydrogen) atoms. The third kappa shape index (κ3) is 2.35. The van der Waals surface area contributed by atoms with Gasteiger partial charge >= 0.3 is 0 Å². The van der Waals surface area contributed by atoms with Crippen molar-refractivity contribution in [2.75, 3.05) is 23.7 Å². The highest BCUT2D eigenvalue weighted by atomic mass is 16.1. The number of nitrogen functional groups attached to an aromatic ring is 1. The van der Waals surface area contributed by atoms with Gasteiger partial charge in [-0.2, -0.15) is 0 Å². The lowest BCUT2D eigenvalue weighted by Crippen LogP contribution is -2.38. The van der Waals surface area contributed by atoms with Crippen molar-refractivity contribution in [2.24, 2.45) is 11.7 Å². The molecule has 1 amide bonds. The van der Waals surface area contributed by atoms with E-state index in [0.29, 0.717) is 6.54 Å². The Balaban J connectivity index is 2.25. The number of carbonyl (C=O) groups is 1. The highest BCUT2D eigenvalue weighted by Crippen LogP contribution is 2.32. The van der Waals surface area contributed by atoms with E-state index >= 15 is 0 Å². The summed E-state index contributed by atoms with van der Waals surface area (Å²) in [7, 11) is 0.